The average Bonchev–Trinajstić information content (AvgIpc) is 3.36. The molecule has 2 N–H and O–H groups in total. The second-order valence-electron chi connectivity index (χ2n) is 6.66. The van der Waals surface area contributed by atoms with Crippen LogP contribution in [0.3, 0.4) is 0 Å². The zero-order valence-electron chi connectivity index (χ0n) is 15.1. The van der Waals surface area contributed by atoms with E-state index in [4.69, 9.17) is 4.74 Å². The van der Waals surface area contributed by atoms with E-state index in [-0.39, 0.29) is 23.4 Å². The molecule has 1 unspecified atom stereocenters. The number of aromatic nitrogens is 1. The van der Waals surface area contributed by atoms with Crippen LogP contribution in [0.2, 0.25) is 0 Å². The first kappa shape index (κ1) is 17.9. The van der Waals surface area contributed by atoms with Crippen molar-refractivity contribution in [1.82, 2.24) is 10.3 Å². The Kier molecular flexibility index (Phi) is 4.93. The minimum Gasteiger partial charge on any atom is -0.443 e. The molecular formula is C20H22N2O4. The Morgan fingerprint density at radius 3 is 2.35 bits per heavy atom. The van der Waals surface area contributed by atoms with Gasteiger partial charge in [0.25, 0.3) is 5.91 Å². The first-order valence-corrected chi connectivity index (χ1v) is 8.65. The summed E-state index contributed by atoms with van der Waals surface area (Å²) in [7, 11) is 0. The molecule has 1 aromatic heterocycles. The van der Waals surface area contributed by atoms with Gasteiger partial charge in [-0.1, -0.05) is 30.3 Å². The first-order chi connectivity index (χ1) is 12.4. The molecule has 1 amide bonds. The van der Waals surface area contributed by atoms with Gasteiger partial charge < -0.3 is 15.0 Å². The van der Waals surface area contributed by atoms with E-state index in [0.717, 1.165) is 12.8 Å². The van der Waals surface area contributed by atoms with Crippen LogP contribution in [0.1, 0.15) is 63.5 Å². The molecule has 0 bridgehead atoms. The quantitative estimate of drug-likeness (QED) is 0.616. The van der Waals surface area contributed by atoms with E-state index in [1.54, 1.807) is 38.1 Å². The van der Waals surface area contributed by atoms with Gasteiger partial charge in [0, 0.05) is 22.9 Å². The van der Waals surface area contributed by atoms with Gasteiger partial charge in [0.05, 0.1) is 0 Å². The van der Waals surface area contributed by atoms with Crippen LogP contribution >= 0.6 is 0 Å². The summed E-state index contributed by atoms with van der Waals surface area (Å²) in [5.74, 6) is -1.11. The normalized spacial score (nSPS) is 14.6. The van der Waals surface area contributed by atoms with Gasteiger partial charge >= 0.3 is 5.97 Å². The fraction of sp³-hybridized carbons (Fsp3) is 0.350. The number of carbonyl (C=O) groups excluding carboxylic acids is 3. The monoisotopic (exact) mass is 354 g/mol. The minimum atomic E-state index is -1.03. The predicted molar refractivity (Wildman–Crippen MR) is 96.0 cm³/mol. The lowest BCUT2D eigenvalue weighted by Crippen LogP contribution is -2.33. The van der Waals surface area contributed by atoms with Crippen LogP contribution in [0, 0.1) is 13.8 Å². The fourth-order valence-electron chi connectivity index (χ4n) is 3.05. The summed E-state index contributed by atoms with van der Waals surface area (Å²) in [4.78, 5) is 40.0. The molecule has 0 saturated heterocycles. The molecule has 1 fully saturated rings. The van der Waals surface area contributed by atoms with E-state index in [0.29, 0.717) is 22.4 Å². The molecule has 3 rings (SSSR count). The highest BCUT2D eigenvalue weighted by atomic mass is 16.5. The first-order valence-electron chi connectivity index (χ1n) is 8.65. The zero-order chi connectivity index (χ0) is 18.8. The SMILES string of the molecule is CC(=O)c1c(C)[nH]c(C(=O)OC(C(=O)NC2CC2)c2ccccc2)c1C. The maximum Gasteiger partial charge on any atom is 0.356 e. The molecular weight excluding hydrogens is 332 g/mol. The molecule has 136 valence electrons. The van der Waals surface area contributed by atoms with E-state index in [1.807, 2.05) is 6.07 Å². The number of aryl methyl sites for hydroxylation is 1. The van der Waals surface area contributed by atoms with Crippen molar-refractivity contribution in [3.05, 3.63) is 58.4 Å². The number of rotatable bonds is 6. The lowest BCUT2D eigenvalue weighted by Gasteiger charge is -2.18. The Morgan fingerprint density at radius 2 is 1.81 bits per heavy atom. The van der Waals surface area contributed by atoms with Gasteiger partial charge in [0.1, 0.15) is 5.69 Å². The van der Waals surface area contributed by atoms with E-state index in [2.05, 4.69) is 10.3 Å². The third kappa shape index (κ3) is 3.69. The number of nitrogens with one attached hydrogen (secondary N) is 2. The van der Waals surface area contributed by atoms with E-state index in [1.165, 1.54) is 6.92 Å². The number of ether oxygens (including phenoxy) is 1. The second kappa shape index (κ2) is 7.15. The Hall–Kier alpha value is -2.89. The Bertz CT molecular complexity index is 850. The number of benzene rings is 1. The van der Waals surface area contributed by atoms with E-state index in [9.17, 15) is 14.4 Å². The van der Waals surface area contributed by atoms with Gasteiger partial charge in [-0.2, -0.15) is 0 Å². The molecule has 1 heterocycles. The van der Waals surface area contributed by atoms with Gasteiger partial charge in [0.2, 0.25) is 6.10 Å². The Morgan fingerprint density at radius 1 is 1.15 bits per heavy atom. The summed E-state index contributed by atoms with van der Waals surface area (Å²) in [5, 5.41) is 2.88. The molecule has 1 atom stereocenters. The Balaban J connectivity index is 1.86. The lowest BCUT2D eigenvalue weighted by atomic mass is 10.1. The van der Waals surface area contributed by atoms with Crippen LogP contribution < -0.4 is 5.32 Å². The lowest BCUT2D eigenvalue weighted by molar-refractivity contribution is -0.130. The molecule has 6 heteroatoms. The highest BCUT2D eigenvalue weighted by Crippen LogP contribution is 2.25. The molecule has 1 aromatic carbocycles. The number of carbonyl (C=O) groups is 3. The fourth-order valence-corrected chi connectivity index (χ4v) is 3.05. The van der Waals surface area contributed by atoms with Crippen molar-refractivity contribution >= 4 is 17.7 Å². The molecule has 1 aliphatic carbocycles. The maximum atomic E-state index is 12.7. The summed E-state index contributed by atoms with van der Waals surface area (Å²) < 4.78 is 5.55. The van der Waals surface area contributed by atoms with Crippen molar-refractivity contribution in [2.75, 3.05) is 0 Å². The van der Waals surface area contributed by atoms with Crippen molar-refractivity contribution in [2.45, 2.75) is 45.8 Å². The van der Waals surface area contributed by atoms with Gasteiger partial charge in [-0.3, -0.25) is 9.59 Å². The molecule has 0 radical (unpaired) electrons. The number of amides is 1. The number of hydrogen-bond acceptors (Lipinski definition) is 4. The van der Waals surface area contributed by atoms with Crippen molar-refractivity contribution in [3.8, 4) is 0 Å². The van der Waals surface area contributed by atoms with Crippen LogP contribution in [0.15, 0.2) is 30.3 Å². The molecule has 2 aromatic rings. The molecule has 0 aliphatic heterocycles. The Labute approximate surface area is 151 Å². The molecule has 0 spiro atoms. The molecule has 26 heavy (non-hydrogen) atoms. The molecule has 1 aliphatic rings. The average molecular weight is 354 g/mol. The van der Waals surface area contributed by atoms with Crippen molar-refractivity contribution in [2.24, 2.45) is 0 Å². The second-order valence-corrected chi connectivity index (χ2v) is 6.66. The minimum absolute atomic E-state index is 0.124. The van der Waals surface area contributed by atoms with Gasteiger partial charge in [-0.05, 0) is 39.2 Å². The number of hydrogen-bond donors (Lipinski definition) is 2. The summed E-state index contributed by atoms with van der Waals surface area (Å²) in [5.41, 5.74) is 2.44. The van der Waals surface area contributed by atoms with Crippen molar-refractivity contribution < 1.29 is 19.1 Å². The van der Waals surface area contributed by atoms with Crippen LogP contribution in [0.4, 0.5) is 0 Å². The number of Topliss-reactive ketones (excluding diaryl/α,β-unsaturated/α-hetero) is 1. The number of aromatic amines is 1. The highest BCUT2D eigenvalue weighted by Gasteiger charge is 2.32. The van der Waals surface area contributed by atoms with Gasteiger partial charge in [-0.15, -0.1) is 0 Å². The van der Waals surface area contributed by atoms with Crippen molar-refractivity contribution in [1.29, 1.82) is 0 Å². The number of ketones is 1. The summed E-state index contributed by atoms with van der Waals surface area (Å²) in [6.45, 7) is 4.88. The third-order valence-corrected chi connectivity index (χ3v) is 4.48. The topological polar surface area (TPSA) is 88.3 Å². The third-order valence-electron chi connectivity index (χ3n) is 4.48. The largest absolute Gasteiger partial charge is 0.443 e. The van der Waals surface area contributed by atoms with Crippen molar-refractivity contribution in [3.63, 3.8) is 0 Å². The van der Waals surface area contributed by atoms with Gasteiger partial charge in [-0.25, -0.2) is 4.79 Å². The van der Waals surface area contributed by atoms with Crippen LogP contribution in [0.25, 0.3) is 0 Å². The molecule has 6 nitrogen and oxygen atoms in total. The van der Waals surface area contributed by atoms with Crippen LogP contribution in [-0.4, -0.2) is 28.7 Å². The maximum absolute atomic E-state index is 12.7. The van der Waals surface area contributed by atoms with E-state index >= 15 is 0 Å². The molecule has 1 saturated carbocycles. The highest BCUT2D eigenvalue weighted by molar-refractivity contribution is 6.01. The van der Waals surface area contributed by atoms with Gasteiger partial charge in [0.15, 0.2) is 5.78 Å². The van der Waals surface area contributed by atoms with Crippen LogP contribution in [0.5, 0.6) is 0 Å². The summed E-state index contributed by atoms with van der Waals surface area (Å²) in [6.07, 6.45) is 0.851. The smallest absolute Gasteiger partial charge is 0.356 e. The zero-order valence-corrected chi connectivity index (χ0v) is 15.1. The van der Waals surface area contributed by atoms with E-state index < -0.39 is 12.1 Å². The summed E-state index contributed by atoms with van der Waals surface area (Å²) in [6, 6.07) is 9.07. The number of H-pyrrole nitrogens is 1. The standard InChI is InChI=1S/C20H22N2O4/c1-11-16(13(3)23)12(2)21-17(11)20(25)26-18(14-7-5-4-6-8-14)19(24)22-15-9-10-15/h4-8,15,18,21H,9-10H2,1-3H3,(H,22,24). The predicted octanol–water partition coefficient (Wildman–Crippen LogP) is 3.01. The number of esters is 1. The summed E-state index contributed by atoms with van der Waals surface area (Å²) >= 11 is 0. The van der Waals surface area contributed by atoms with Crippen LogP contribution in [-0.2, 0) is 9.53 Å².